The van der Waals surface area contributed by atoms with Crippen molar-refractivity contribution in [2.45, 2.75) is 29.8 Å². The van der Waals surface area contributed by atoms with Gasteiger partial charge in [0.15, 0.2) is 0 Å². The summed E-state index contributed by atoms with van der Waals surface area (Å²) in [7, 11) is 0. The van der Waals surface area contributed by atoms with Gasteiger partial charge in [-0.25, -0.2) is 0 Å². The number of piperazine rings is 1. The molecule has 0 aliphatic carbocycles. The molecule has 0 unspecified atom stereocenters. The normalized spacial score (nSPS) is 17.3. The van der Waals surface area contributed by atoms with E-state index in [1.54, 1.807) is 12.1 Å². The number of nitrogens with one attached hydrogen (secondary N) is 1. The highest BCUT2D eigenvalue weighted by Crippen LogP contribution is 2.37. The Balaban J connectivity index is 0.00000220. The second kappa shape index (κ2) is 9.88. The second-order valence-electron chi connectivity index (χ2n) is 4.83. The predicted molar refractivity (Wildman–Crippen MR) is 90.3 cm³/mol. The van der Waals surface area contributed by atoms with Gasteiger partial charge in [0, 0.05) is 37.1 Å². The van der Waals surface area contributed by atoms with Crippen LogP contribution in [0.15, 0.2) is 29.2 Å². The van der Waals surface area contributed by atoms with Crippen molar-refractivity contribution in [1.29, 1.82) is 0 Å². The van der Waals surface area contributed by atoms with Crippen LogP contribution >= 0.6 is 36.6 Å². The highest BCUT2D eigenvalue weighted by molar-refractivity contribution is 8.00. The molecule has 1 aliphatic rings. The molecule has 2 nitrogen and oxygen atoms in total. The van der Waals surface area contributed by atoms with E-state index in [-0.39, 0.29) is 41.5 Å². The molecule has 2 rings (SSSR count). The molecule has 1 fully saturated rings. The van der Waals surface area contributed by atoms with Gasteiger partial charge in [0.1, 0.15) is 0 Å². The number of alkyl halides is 3. The number of nitrogens with zero attached hydrogens (tertiary/aromatic N) is 1. The third kappa shape index (κ3) is 6.54. The molecule has 0 saturated carbocycles. The highest BCUT2D eigenvalue weighted by Gasteiger charge is 2.29. The van der Waals surface area contributed by atoms with Crippen LogP contribution < -0.4 is 5.32 Å². The lowest BCUT2D eigenvalue weighted by Gasteiger charge is -2.34. The van der Waals surface area contributed by atoms with Crippen LogP contribution in [-0.2, 0) is 0 Å². The summed E-state index contributed by atoms with van der Waals surface area (Å²) in [5, 5.41) is 3.31. The molecule has 1 aromatic carbocycles. The Labute approximate surface area is 146 Å². The minimum atomic E-state index is -4.22. The van der Waals surface area contributed by atoms with Crippen molar-refractivity contribution in [2.75, 3.05) is 26.2 Å². The van der Waals surface area contributed by atoms with E-state index in [2.05, 4.69) is 17.1 Å². The summed E-state index contributed by atoms with van der Waals surface area (Å²) in [5.74, 6) is 0. The van der Waals surface area contributed by atoms with Gasteiger partial charge >= 0.3 is 5.51 Å². The Morgan fingerprint density at radius 1 is 1.14 bits per heavy atom. The van der Waals surface area contributed by atoms with Crippen molar-refractivity contribution in [3.8, 4) is 0 Å². The van der Waals surface area contributed by atoms with Crippen LogP contribution in [-0.4, -0.2) is 36.6 Å². The van der Waals surface area contributed by atoms with Crippen LogP contribution in [0.5, 0.6) is 0 Å². The summed E-state index contributed by atoms with van der Waals surface area (Å²) in [6, 6.07) is 7.08. The van der Waals surface area contributed by atoms with Crippen molar-refractivity contribution >= 4 is 36.6 Å². The van der Waals surface area contributed by atoms with E-state index < -0.39 is 5.51 Å². The van der Waals surface area contributed by atoms with Gasteiger partial charge in [-0.2, -0.15) is 13.2 Å². The maximum atomic E-state index is 12.3. The standard InChI is InChI=1S/C14H19F3N2S.2ClH/c1-2-13(19-9-7-18-8-10-19)11-3-5-12(6-4-11)20-14(15,16)17;;/h3-6,13,18H,2,7-10H2,1H3;2*1H/t13-;;/m1../s1. The number of hydrogen-bond acceptors (Lipinski definition) is 3. The van der Waals surface area contributed by atoms with Gasteiger partial charge in [0.2, 0.25) is 0 Å². The predicted octanol–water partition coefficient (Wildman–Crippen LogP) is 4.50. The molecule has 1 atom stereocenters. The summed E-state index contributed by atoms with van der Waals surface area (Å²) in [4.78, 5) is 2.64. The maximum Gasteiger partial charge on any atom is 0.446 e. The van der Waals surface area contributed by atoms with E-state index in [1.807, 2.05) is 12.1 Å². The zero-order valence-corrected chi connectivity index (χ0v) is 14.7. The highest BCUT2D eigenvalue weighted by atomic mass is 35.5. The van der Waals surface area contributed by atoms with E-state index in [9.17, 15) is 13.2 Å². The van der Waals surface area contributed by atoms with Crippen molar-refractivity contribution in [1.82, 2.24) is 10.2 Å². The van der Waals surface area contributed by atoms with Gasteiger partial charge < -0.3 is 5.32 Å². The fourth-order valence-corrected chi connectivity index (χ4v) is 3.13. The Morgan fingerprint density at radius 2 is 1.68 bits per heavy atom. The zero-order chi connectivity index (χ0) is 14.6. The van der Waals surface area contributed by atoms with Gasteiger partial charge in [-0.15, -0.1) is 24.8 Å². The molecule has 1 N–H and O–H groups in total. The minimum absolute atomic E-state index is 0. The van der Waals surface area contributed by atoms with Crippen molar-refractivity contribution in [2.24, 2.45) is 0 Å². The van der Waals surface area contributed by atoms with Crippen LogP contribution in [0.4, 0.5) is 13.2 Å². The van der Waals surface area contributed by atoms with Crippen LogP contribution in [0.25, 0.3) is 0 Å². The van der Waals surface area contributed by atoms with Crippen molar-refractivity contribution in [3.05, 3.63) is 29.8 Å². The SMILES string of the molecule is CC[C@H](c1ccc(SC(F)(F)F)cc1)N1CCNCC1.Cl.Cl. The summed E-state index contributed by atoms with van der Waals surface area (Å²) >= 11 is -0.0593. The minimum Gasteiger partial charge on any atom is -0.314 e. The number of benzene rings is 1. The first-order chi connectivity index (χ1) is 9.49. The molecule has 1 aromatic rings. The van der Waals surface area contributed by atoms with Crippen molar-refractivity contribution < 1.29 is 13.2 Å². The smallest absolute Gasteiger partial charge is 0.314 e. The van der Waals surface area contributed by atoms with Gasteiger partial charge in [-0.3, -0.25) is 4.90 Å². The lowest BCUT2D eigenvalue weighted by atomic mass is 10.0. The van der Waals surface area contributed by atoms with E-state index in [0.29, 0.717) is 6.04 Å². The first-order valence-electron chi connectivity index (χ1n) is 6.80. The van der Waals surface area contributed by atoms with Crippen molar-refractivity contribution in [3.63, 3.8) is 0 Å². The van der Waals surface area contributed by atoms with Gasteiger partial charge in [-0.05, 0) is 35.9 Å². The van der Waals surface area contributed by atoms with Gasteiger partial charge in [-0.1, -0.05) is 19.1 Å². The average molecular weight is 377 g/mol. The van der Waals surface area contributed by atoms with E-state index in [0.717, 1.165) is 38.2 Å². The Hall–Kier alpha value is -0.140. The molecule has 0 bridgehead atoms. The van der Waals surface area contributed by atoms with Crippen LogP contribution in [0.3, 0.4) is 0 Å². The van der Waals surface area contributed by atoms with Crippen LogP contribution in [0, 0.1) is 0 Å². The molecular formula is C14H21Cl2F3N2S. The molecule has 8 heteroatoms. The fourth-order valence-electron chi connectivity index (χ4n) is 2.59. The number of halogens is 5. The lowest BCUT2D eigenvalue weighted by molar-refractivity contribution is -0.0328. The number of rotatable bonds is 4. The summed E-state index contributed by atoms with van der Waals surface area (Å²) < 4.78 is 36.9. The number of hydrogen-bond donors (Lipinski definition) is 1. The molecule has 0 radical (unpaired) electrons. The monoisotopic (exact) mass is 376 g/mol. The molecule has 1 heterocycles. The number of thioether (sulfide) groups is 1. The zero-order valence-electron chi connectivity index (χ0n) is 12.2. The molecule has 0 aromatic heterocycles. The summed E-state index contributed by atoms with van der Waals surface area (Å²) in [6.45, 7) is 6.03. The Bertz CT molecular complexity index is 423. The molecule has 22 heavy (non-hydrogen) atoms. The average Bonchev–Trinajstić information content (AvgIpc) is 2.41. The molecule has 1 aliphatic heterocycles. The Morgan fingerprint density at radius 3 is 2.14 bits per heavy atom. The molecule has 128 valence electrons. The molecule has 0 spiro atoms. The van der Waals surface area contributed by atoms with Gasteiger partial charge in [0.25, 0.3) is 0 Å². The quantitative estimate of drug-likeness (QED) is 0.778. The van der Waals surface area contributed by atoms with Crippen LogP contribution in [0.1, 0.15) is 24.9 Å². The molecule has 0 amide bonds. The van der Waals surface area contributed by atoms with Gasteiger partial charge in [0.05, 0.1) is 0 Å². The lowest BCUT2D eigenvalue weighted by Crippen LogP contribution is -2.45. The molecular weight excluding hydrogens is 356 g/mol. The third-order valence-electron chi connectivity index (χ3n) is 3.48. The van der Waals surface area contributed by atoms with E-state index in [4.69, 9.17) is 0 Å². The first-order valence-corrected chi connectivity index (χ1v) is 7.61. The first kappa shape index (κ1) is 21.9. The third-order valence-corrected chi connectivity index (χ3v) is 4.22. The largest absolute Gasteiger partial charge is 0.446 e. The van der Waals surface area contributed by atoms with E-state index in [1.165, 1.54) is 0 Å². The maximum absolute atomic E-state index is 12.3. The second-order valence-corrected chi connectivity index (χ2v) is 5.97. The summed E-state index contributed by atoms with van der Waals surface area (Å²) in [5.41, 5.74) is -3.12. The van der Waals surface area contributed by atoms with Crippen LogP contribution in [0.2, 0.25) is 0 Å². The fraction of sp³-hybridized carbons (Fsp3) is 0.571. The Kier molecular flexibility index (Phi) is 9.82. The molecule has 1 saturated heterocycles. The topological polar surface area (TPSA) is 15.3 Å². The summed E-state index contributed by atoms with van der Waals surface area (Å²) in [6.07, 6.45) is 0.964. The van der Waals surface area contributed by atoms with E-state index >= 15 is 0 Å².